The number of amides is 1. The van der Waals surface area contributed by atoms with E-state index in [-0.39, 0.29) is 18.5 Å². The SMILES string of the molecule is CCCCCCCC/C=C\CCCCCCCCCCCC(=O)OCCCCCCCCCCCCCCCCCCCCCCCCCCCCCCC(=O)NC(CO)C(O)CCCCCCCCCCCCCCCCCCC. The lowest BCUT2D eigenvalue weighted by molar-refractivity contribution is -0.143. The van der Waals surface area contributed by atoms with Crippen LogP contribution in [0.15, 0.2) is 12.2 Å². The fourth-order valence-corrected chi connectivity index (χ4v) is 12.1. The summed E-state index contributed by atoms with van der Waals surface area (Å²) in [5.74, 6) is -0.00785. The van der Waals surface area contributed by atoms with Gasteiger partial charge in [-0.15, -0.1) is 0 Å². The number of ether oxygens (including phenoxy) is 1. The molecule has 3 N–H and O–H groups in total. The van der Waals surface area contributed by atoms with Crippen molar-refractivity contribution in [3.63, 3.8) is 0 Å². The van der Waals surface area contributed by atoms with Crippen molar-refractivity contribution < 1.29 is 24.5 Å². The molecule has 0 fully saturated rings. The topological polar surface area (TPSA) is 95.9 Å². The van der Waals surface area contributed by atoms with Gasteiger partial charge < -0.3 is 20.3 Å². The molecule has 2 unspecified atom stereocenters. The number of hydrogen-bond acceptors (Lipinski definition) is 5. The van der Waals surface area contributed by atoms with E-state index in [1.165, 1.54) is 360 Å². The van der Waals surface area contributed by atoms with Crippen molar-refractivity contribution in [2.75, 3.05) is 13.2 Å². The second kappa shape index (κ2) is 71.1. The Bertz CT molecular complexity index is 1220. The molecule has 0 aromatic heterocycles. The van der Waals surface area contributed by atoms with E-state index in [1.54, 1.807) is 0 Å². The summed E-state index contributed by atoms with van der Waals surface area (Å²) >= 11 is 0. The smallest absolute Gasteiger partial charge is 0.305 e. The molecule has 0 bridgehead atoms. The summed E-state index contributed by atoms with van der Waals surface area (Å²) in [6.07, 6.45) is 88.5. The zero-order chi connectivity index (χ0) is 58.5. The quantitative estimate of drug-likeness (QED) is 0.0320. The standard InChI is InChI=1S/C75H147NO5/c1-3-5-7-9-11-13-15-17-19-21-32-37-41-45-49-53-57-61-65-69-75(80)81-70-66-62-58-54-50-46-42-38-34-31-29-27-25-23-22-24-26-28-30-33-36-40-44-48-52-56-60-64-68-74(79)76-72(71-77)73(78)67-63-59-55-51-47-43-39-35-20-18-16-14-12-10-8-6-4-2/h17,19,72-73,77-78H,3-16,18,20-71H2,1-2H3,(H,76,79)/b19-17-. The van der Waals surface area contributed by atoms with Crippen LogP contribution in [0.5, 0.6) is 0 Å². The van der Waals surface area contributed by atoms with Crippen molar-refractivity contribution >= 4 is 11.9 Å². The number of unbranched alkanes of at least 4 members (excludes halogenated alkanes) is 58. The summed E-state index contributed by atoms with van der Waals surface area (Å²) in [6.45, 7) is 5.00. The summed E-state index contributed by atoms with van der Waals surface area (Å²) in [5, 5.41) is 23.4. The average Bonchev–Trinajstić information content (AvgIpc) is 3.47. The van der Waals surface area contributed by atoms with E-state index in [1.807, 2.05) is 0 Å². The fraction of sp³-hybridized carbons (Fsp3) is 0.947. The molecule has 0 aromatic carbocycles. The van der Waals surface area contributed by atoms with Crippen LogP contribution in [0.25, 0.3) is 0 Å². The van der Waals surface area contributed by atoms with Crippen molar-refractivity contribution in [2.24, 2.45) is 0 Å². The first-order chi connectivity index (χ1) is 40.0. The number of esters is 1. The zero-order valence-corrected chi connectivity index (χ0v) is 55.3. The summed E-state index contributed by atoms with van der Waals surface area (Å²) in [7, 11) is 0. The molecule has 81 heavy (non-hydrogen) atoms. The van der Waals surface area contributed by atoms with E-state index in [0.29, 0.717) is 25.9 Å². The molecule has 0 aromatic rings. The fourth-order valence-electron chi connectivity index (χ4n) is 12.1. The third-order valence-corrected chi connectivity index (χ3v) is 17.8. The molecule has 0 aliphatic rings. The number of carbonyl (C=O) groups excluding carboxylic acids is 2. The Labute approximate surface area is 508 Å². The van der Waals surface area contributed by atoms with Crippen LogP contribution in [-0.4, -0.2) is 47.4 Å². The maximum atomic E-state index is 12.5. The Balaban J connectivity index is 3.32. The molecule has 6 nitrogen and oxygen atoms in total. The van der Waals surface area contributed by atoms with Gasteiger partial charge in [0.25, 0.3) is 0 Å². The van der Waals surface area contributed by atoms with Crippen molar-refractivity contribution in [1.29, 1.82) is 0 Å². The van der Waals surface area contributed by atoms with Crippen LogP contribution < -0.4 is 5.32 Å². The Morgan fingerprint density at radius 3 is 0.877 bits per heavy atom. The highest BCUT2D eigenvalue weighted by Crippen LogP contribution is 2.20. The van der Waals surface area contributed by atoms with E-state index in [2.05, 4.69) is 31.3 Å². The van der Waals surface area contributed by atoms with E-state index in [0.717, 1.165) is 38.5 Å². The van der Waals surface area contributed by atoms with Gasteiger partial charge >= 0.3 is 5.97 Å². The summed E-state index contributed by atoms with van der Waals surface area (Å²) in [5.41, 5.74) is 0. The Hall–Kier alpha value is -1.40. The molecule has 0 aliphatic heterocycles. The monoisotopic (exact) mass is 1140 g/mol. The average molecular weight is 1140 g/mol. The maximum Gasteiger partial charge on any atom is 0.305 e. The van der Waals surface area contributed by atoms with Gasteiger partial charge in [-0.1, -0.05) is 379 Å². The maximum absolute atomic E-state index is 12.5. The number of rotatable bonds is 71. The highest BCUT2D eigenvalue weighted by atomic mass is 16.5. The minimum Gasteiger partial charge on any atom is -0.466 e. The van der Waals surface area contributed by atoms with Crippen LogP contribution >= 0.6 is 0 Å². The van der Waals surface area contributed by atoms with Gasteiger partial charge in [-0.25, -0.2) is 0 Å². The first kappa shape index (κ1) is 79.6. The third kappa shape index (κ3) is 67.6. The molecule has 0 saturated carbocycles. The van der Waals surface area contributed by atoms with Crippen molar-refractivity contribution in [3.8, 4) is 0 Å². The summed E-state index contributed by atoms with van der Waals surface area (Å²) in [4.78, 5) is 24.7. The molecule has 0 rings (SSSR count). The lowest BCUT2D eigenvalue weighted by Gasteiger charge is -2.22. The van der Waals surface area contributed by atoms with Gasteiger partial charge in [0.05, 0.1) is 25.4 Å². The molecular weight excluding hydrogens is 995 g/mol. The molecule has 0 aliphatic carbocycles. The minimum atomic E-state index is -0.662. The van der Waals surface area contributed by atoms with Gasteiger partial charge in [0.2, 0.25) is 5.91 Å². The van der Waals surface area contributed by atoms with Gasteiger partial charge in [0.15, 0.2) is 0 Å². The second-order valence-electron chi connectivity index (χ2n) is 26.0. The molecule has 0 spiro atoms. The highest BCUT2D eigenvalue weighted by Gasteiger charge is 2.20. The van der Waals surface area contributed by atoms with Gasteiger partial charge in [-0.05, 0) is 51.4 Å². The van der Waals surface area contributed by atoms with Crippen LogP contribution in [0.4, 0.5) is 0 Å². The molecule has 482 valence electrons. The lowest BCUT2D eigenvalue weighted by Crippen LogP contribution is -2.45. The van der Waals surface area contributed by atoms with Crippen molar-refractivity contribution in [3.05, 3.63) is 12.2 Å². The summed E-state index contributed by atoms with van der Waals surface area (Å²) < 4.78 is 5.52. The molecule has 2 atom stereocenters. The number of aliphatic hydroxyl groups excluding tert-OH is 2. The van der Waals surface area contributed by atoms with Gasteiger partial charge in [-0.3, -0.25) is 9.59 Å². The molecule has 0 saturated heterocycles. The van der Waals surface area contributed by atoms with E-state index < -0.39 is 12.1 Å². The number of carbonyl (C=O) groups is 2. The molecule has 0 radical (unpaired) electrons. The van der Waals surface area contributed by atoms with Gasteiger partial charge in [-0.2, -0.15) is 0 Å². The third-order valence-electron chi connectivity index (χ3n) is 17.8. The lowest BCUT2D eigenvalue weighted by atomic mass is 10.0. The zero-order valence-electron chi connectivity index (χ0n) is 55.3. The molecule has 0 heterocycles. The van der Waals surface area contributed by atoms with Crippen molar-refractivity contribution in [1.82, 2.24) is 5.32 Å². The van der Waals surface area contributed by atoms with Crippen LogP contribution in [0.3, 0.4) is 0 Å². The van der Waals surface area contributed by atoms with Crippen LogP contribution in [0, 0.1) is 0 Å². The van der Waals surface area contributed by atoms with Crippen molar-refractivity contribution in [2.45, 2.75) is 443 Å². The van der Waals surface area contributed by atoms with Crippen LogP contribution in [0.1, 0.15) is 431 Å². The number of nitrogens with one attached hydrogen (secondary N) is 1. The molecule has 6 heteroatoms. The number of allylic oxidation sites excluding steroid dienone is 2. The second-order valence-corrected chi connectivity index (χ2v) is 26.0. The normalized spacial score (nSPS) is 12.5. The number of hydrogen-bond donors (Lipinski definition) is 3. The largest absolute Gasteiger partial charge is 0.466 e. The highest BCUT2D eigenvalue weighted by molar-refractivity contribution is 5.76. The minimum absolute atomic E-state index is 0.0196. The summed E-state index contributed by atoms with van der Waals surface area (Å²) in [6, 6.07) is -0.539. The number of aliphatic hydroxyl groups is 2. The van der Waals surface area contributed by atoms with Crippen LogP contribution in [0.2, 0.25) is 0 Å². The molecule has 1 amide bonds. The van der Waals surface area contributed by atoms with E-state index in [9.17, 15) is 19.8 Å². The predicted molar refractivity (Wildman–Crippen MR) is 357 cm³/mol. The van der Waals surface area contributed by atoms with E-state index >= 15 is 0 Å². The Morgan fingerprint density at radius 2 is 0.580 bits per heavy atom. The Kier molecular flexibility index (Phi) is 69.9. The first-order valence-corrected chi connectivity index (χ1v) is 37.4. The van der Waals surface area contributed by atoms with Gasteiger partial charge in [0.1, 0.15) is 0 Å². The first-order valence-electron chi connectivity index (χ1n) is 37.4. The van der Waals surface area contributed by atoms with Crippen LogP contribution in [-0.2, 0) is 14.3 Å². The van der Waals surface area contributed by atoms with Gasteiger partial charge in [0, 0.05) is 12.8 Å². The predicted octanol–water partition coefficient (Wildman–Crippen LogP) is 24.3. The Morgan fingerprint density at radius 1 is 0.333 bits per heavy atom. The molecular formula is C75H147NO5. The van der Waals surface area contributed by atoms with E-state index in [4.69, 9.17) is 4.74 Å².